The molecule has 4 aromatic rings. The maximum absolute atomic E-state index is 12.9. The van der Waals surface area contributed by atoms with Crippen LogP contribution in [0.25, 0.3) is 16.9 Å². The minimum Gasteiger partial charge on any atom is -0.313 e. The molecule has 9 heteroatoms. The number of fused-ring (bicyclic) bond motifs is 1. The maximum atomic E-state index is 12.9. The van der Waals surface area contributed by atoms with Gasteiger partial charge in [0.1, 0.15) is 5.03 Å². The number of ketones is 1. The highest BCUT2D eigenvalue weighted by Gasteiger charge is 2.32. The molecular formula is C27H19BrClF3N2OS. The number of carbonyl (C=O) groups excluding carboxylic acids is 1. The fourth-order valence-corrected chi connectivity index (χ4v) is 5.68. The fourth-order valence-electron chi connectivity index (χ4n) is 4.38. The van der Waals surface area contributed by atoms with Gasteiger partial charge in [-0.25, -0.2) is 4.98 Å². The summed E-state index contributed by atoms with van der Waals surface area (Å²) in [6.45, 7) is 2.08. The lowest BCUT2D eigenvalue weighted by atomic mass is 9.88. The molecule has 0 fully saturated rings. The summed E-state index contributed by atoms with van der Waals surface area (Å²) in [5.74, 6) is 0.398. The molecule has 0 spiro atoms. The Morgan fingerprint density at radius 1 is 1.06 bits per heavy atom. The molecule has 0 saturated carbocycles. The van der Waals surface area contributed by atoms with Crippen molar-refractivity contribution in [2.24, 2.45) is 5.92 Å². The van der Waals surface area contributed by atoms with Crippen LogP contribution < -0.4 is 0 Å². The van der Waals surface area contributed by atoms with E-state index in [2.05, 4.69) is 32.4 Å². The highest BCUT2D eigenvalue weighted by atomic mass is 79.9. The van der Waals surface area contributed by atoms with Crippen molar-refractivity contribution in [3.63, 3.8) is 0 Å². The number of pyridine rings is 1. The van der Waals surface area contributed by atoms with Gasteiger partial charge in [-0.2, -0.15) is 13.2 Å². The SMILES string of the molecule is C[C@H]1CC(=O)c2cc(-c3ccc(Br)cc3)n(-c3ccc(Sc4ncc(C(F)(F)F)cc4Cl)cc3)c2C1. The molecule has 0 aliphatic heterocycles. The first-order valence-corrected chi connectivity index (χ1v) is 13.1. The van der Waals surface area contributed by atoms with Gasteiger partial charge in [0.05, 0.1) is 16.3 Å². The third-order valence-electron chi connectivity index (χ3n) is 6.06. The van der Waals surface area contributed by atoms with Crippen molar-refractivity contribution in [1.29, 1.82) is 0 Å². The van der Waals surface area contributed by atoms with E-state index >= 15 is 0 Å². The molecule has 0 unspecified atom stereocenters. The molecule has 2 heterocycles. The van der Waals surface area contributed by atoms with Gasteiger partial charge in [-0.05, 0) is 66.4 Å². The molecule has 0 bridgehead atoms. The van der Waals surface area contributed by atoms with E-state index in [1.165, 1.54) is 11.8 Å². The second kappa shape index (κ2) is 9.72. The van der Waals surface area contributed by atoms with Crippen LogP contribution in [0.15, 0.2) is 81.3 Å². The topological polar surface area (TPSA) is 34.9 Å². The molecule has 0 radical (unpaired) electrons. The van der Waals surface area contributed by atoms with Crippen LogP contribution in [0.1, 0.15) is 35.0 Å². The van der Waals surface area contributed by atoms with Crippen molar-refractivity contribution < 1.29 is 18.0 Å². The number of halogens is 5. The summed E-state index contributed by atoms with van der Waals surface area (Å²) in [5, 5.41) is 0.245. The summed E-state index contributed by atoms with van der Waals surface area (Å²) in [6, 6.07) is 18.5. The minimum atomic E-state index is -4.50. The number of alkyl halides is 3. The van der Waals surface area contributed by atoms with Crippen LogP contribution in [0, 0.1) is 5.92 Å². The second-order valence-electron chi connectivity index (χ2n) is 8.77. The first-order chi connectivity index (χ1) is 17.1. The molecule has 0 N–H and O–H groups in total. The van der Waals surface area contributed by atoms with Gasteiger partial charge in [0, 0.05) is 38.9 Å². The lowest BCUT2D eigenvalue weighted by molar-refractivity contribution is -0.137. The Morgan fingerprint density at radius 2 is 1.75 bits per heavy atom. The largest absolute Gasteiger partial charge is 0.417 e. The van der Waals surface area contributed by atoms with E-state index in [1.54, 1.807) is 0 Å². The van der Waals surface area contributed by atoms with Crippen molar-refractivity contribution in [2.75, 3.05) is 0 Å². The zero-order chi connectivity index (χ0) is 25.6. The first kappa shape index (κ1) is 25.1. The average molecular weight is 592 g/mol. The van der Waals surface area contributed by atoms with E-state index in [0.717, 1.165) is 56.3 Å². The standard InChI is InChI=1S/C27H19BrClF3N2OS/c1-15-10-24-21(25(35)11-15)13-23(16-2-4-18(28)5-3-16)34(24)19-6-8-20(9-7-19)36-26-22(29)12-17(14-33-26)27(30,31)32/h2-9,12-15H,10-11H2,1H3/t15-/m1/s1. The molecule has 5 rings (SSSR count). The molecule has 1 atom stereocenters. The van der Waals surface area contributed by atoms with Crippen molar-refractivity contribution in [2.45, 2.75) is 35.9 Å². The van der Waals surface area contributed by atoms with Gasteiger partial charge >= 0.3 is 6.18 Å². The predicted molar refractivity (Wildman–Crippen MR) is 139 cm³/mol. The molecule has 1 aliphatic carbocycles. The van der Waals surface area contributed by atoms with Crippen LogP contribution in [-0.4, -0.2) is 15.3 Å². The van der Waals surface area contributed by atoms with Gasteiger partial charge in [0.2, 0.25) is 0 Å². The van der Waals surface area contributed by atoms with Gasteiger partial charge in [-0.1, -0.05) is 58.3 Å². The van der Waals surface area contributed by atoms with Crippen LogP contribution in [0.3, 0.4) is 0 Å². The van der Waals surface area contributed by atoms with E-state index < -0.39 is 11.7 Å². The Bertz CT molecular complexity index is 1450. The van der Waals surface area contributed by atoms with Gasteiger partial charge < -0.3 is 4.57 Å². The number of aromatic nitrogens is 2. The Labute approximate surface area is 223 Å². The summed E-state index contributed by atoms with van der Waals surface area (Å²) in [7, 11) is 0. The first-order valence-electron chi connectivity index (χ1n) is 11.1. The van der Waals surface area contributed by atoms with Crippen molar-refractivity contribution in [1.82, 2.24) is 9.55 Å². The number of hydrogen-bond donors (Lipinski definition) is 0. The number of benzene rings is 2. The zero-order valence-corrected chi connectivity index (χ0v) is 22.1. The van der Waals surface area contributed by atoms with Gasteiger partial charge in [0.25, 0.3) is 0 Å². The van der Waals surface area contributed by atoms with E-state index in [-0.39, 0.29) is 16.7 Å². The number of rotatable bonds is 4. The van der Waals surface area contributed by atoms with Crippen LogP contribution in [0.4, 0.5) is 13.2 Å². The van der Waals surface area contributed by atoms with Crippen molar-refractivity contribution in [3.8, 4) is 16.9 Å². The van der Waals surface area contributed by atoms with Crippen LogP contribution in [-0.2, 0) is 12.6 Å². The summed E-state index contributed by atoms with van der Waals surface area (Å²) >= 11 is 10.7. The minimum absolute atomic E-state index is 0.0524. The van der Waals surface area contributed by atoms with Crippen molar-refractivity contribution in [3.05, 3.63) is 93.2 Å². The monoisotopic (exact) mass is 590 g/mol. The molecule has 0 amide bonds. The highest BCUT2D eigenvalue weighted by molar-refractivity contribution is 9.10. The molecule has 2 aromatic heterocycles. The highest BCUT2D eigenvalue weighted by Crippen LogP contribution is 2.38. The lowest BCUT2D eigenvalue weighted by Crippen LogP contribution is -2.19. The second-order valence-corrected chi connectivity index (χ2v) is 11.2. The Morgan fingerprint density at radius 3 is 2.39 bits per heavy atom. The van der Waals surface area contributed by atoms with Crippen LogP contribution in [0.5, 0.6) is 0 Å². The molecule has 3 nitrogen and oxygen atoms in total. The molecule has 184 valence electrons. The fraction of sp³-hybridized carbons (Fsp3) is 0.185. The van der Waals surface area contributed by atoms with E-state index in [1.807, 2.05) is 54.6 Å². The Balaban J connectivity index is 1.51. The van der Waals surface area contributed by atoms with Crippen molar-refractivity contribution >= 4 is 45.1 Å². The third-order valence-corrected chi connectivity index (χ3v) is 8.02. The summed E-state index contributed by atoms with van der Waals surface area (Å²) in [4.78, 5) is 17.5. The summed E-state index contributed by atoms with van der Waals surface area (Å²) in [5.41, 5.74) is 3.69. The van der Waals surface area contributed by atoms with Crippen LogP contribution >= 0.6 is 39.3 Å². The molecule has 1 aliphatic rings. The number of Topliss-reactive ketones (excluding diaryl/α,β-unsaturated/α-hetero) is 1. The number of hydrogen-bond acceptors (Lipinski definition) is 3. The lowest BCUT2D eigenvalue weighted by Gasteiger charge is -2.21. The van der Waals surface area contributed by atoms with Gasteiger partial charge in [-0.3, -0.25) is 4.79 Å². The van der Waals surface area contributed by atoms with Gasteiger partial charge in [0.15, 0.2) is 5.78 Å². The molecule has 36 heavy (non-hydrogen) atoms. The normalized spacial score (nSPS) is 15.7. The quantitative estimate of drug-likeness (QED) is 0.238. The molecule has 2 aromatic carbocycles. The molecule has 0 saturated heterocycles. The smallest absolute Gasteiger partial charge is 0.313 e. The van der Waals surface area contributed by atoms with E-state index in [0.29, 0.717) is 11.4 Å². The van der Waals surface area contributed by atoms with E-state index in [9.17, 15) is 18.0 Å². The van der Waals surface area contributed by atoms with E-state index in [4.69, 9.17) is 11.6 Å². The maximum Gasteiger partial charge on any atom is 0.417 e. The molecular weight excluding hydrogens is 573 g/mol. The zero-order valence-electron chi connectivity index (χ0n) is 18.9. The average Bonchev–Trinajstić information content (AvgIpc) is 3.20. The van der Waals surface area contributed by atoms with Crippen LogP contribution in [0.2, 0.25) is 5.02 Å². The van der Waals surface area contributed by atoms with Gasteiger partial charge in [-0.15, -0.1) is 0 Å². The summed E-state index contributed by atoms with van der Waals surface area (Å²) < 4.78 is 41.9. The number of carbonyl (C=O) groups is 1. The number of nitrogens with zero attached hydrogens (tertiary/aromatic N) is 2. The Hall–Kier alpha value is -2.55. The third kappa shape index (κ3) is 4.99. The Kier molecular flexibility index (Phi) is 6.78. The predicted octanol–water partition coefficient (Wildman–Crippen LogP) is 8.89. The summed E-state index contributed by atoms with van der Waals surface area (Å²) in [6.07, 6.45) is -2.38.